The number of carbonyl (C=O) groups is 4. The number of carbonyl (C=O) groups excluding carboxylic acids is 4. The Kier molecular flexibility index (Phi) is 7.98. The molecular formula is C23H22N2O7S. The summed E-state index contributed by atoms with van der Waals surface area (Å²) in [5.74, 6) is -2.55. The molecule has 0 unspecified atom stereocenters. The molecule has 0 aliphatic heterocycles. The van der Waals surface area contributed by atoms with Crippen LogP contribution >= 0.6 is 11.3 Å². The number of amides is 2. The fourth-order valence-corrected chi connectivity index (χ4v) is 3.80. The molecule has 172 valence electrons. The Balaban J connectivity index is 1.64. The van der Waals surface area contributed by atoms with Crippen LogP contribution in [0.2, 0.25) is 0 Å². The van der Waals surface area contributed by atoms with Gasteiger partial charge in [-0.25, -0.2) is 4.79 Å². The van der Waals surface area contributed by atoms with Gasteiger partial charge >= 0.3 is 11.9 Å². The van der Waals surface area contributed by atoms with Gasteiger partial charge in [0.05, 0.1) is 18.4 Å². The lowest BCUT2D eigenvalue weighted by Crippen LogP contribution is -2.35. The number of esters is 2. The van der Waals surface area contributed by atoms with Gasteiger partial charge in [-0.1, -0.05) is 30.3 Å². The lowest BCUT2D eigenvalue weighted by molar-refractivity contribution is -0.152. The number of hydrogen-bond acceptors (Lipinski definition) is 8. The van der Waals surface area contributed by atoms with Crippen molar-refractivity contribution in [3.63, 3.8) is 0 Å². The molecule has 10 heteroatoms. The van der Waals surface area contributed by atoms with Crippen LogP contribution < -0.4 is 10.6 Å². The molecule has 3 aromatic rings. The first-order valence-corrected chi connectivity index (χ1v) is 10.9. The number of furan rings is 1. The Morgan fingerprint density at radius 3 is 2.52 bits per heavy atom. The van der Waals surface area contributed by atoms with Crippen molar-refractivity contribution in [2.24, 2.45) is 0 Å². The van der Waals surface area contributed by atoms with Gasteiger partial charge in [0.25, 0.3) is 11.8 Å². The first-order valence-electron chi connectivity index (χ1n) is 10.1. The number of benzene rings is 1. The molecule has 9 nitrogen and oxygen atoms in total. The van der Waals surface area contributed by atoms with E-state index < -0.39 is 36.4 Å². The topological polar surface area (TPSA) is 124 Å². The molecule has 0 aliphatic carbocycles. The lowest BCUT2D eigenvalue weighted by Gasteiger charge is -2.13. The van der Waals surface area contributed by atoms with Crippen LogP contribution in [0.5, 0.6) is 0 Å². The average Bonchev–Trinajstić information content (AvgIpc) is 3.49. The summed E-state index contributed by atoms with van der Waals surface area (Å²) in [4.78, 5) is 49.6. The van der Waals surface area contributed by atoms with E-state index in [9.17, 15) is 19.2 Å². The molecule has 2 N–H and O–H groups in total. The highest BCUT2D eigenvalue weighted by molar-refractivity contribution is 7.20. The third kappa shape index (κ3) is 6.30. The Hall–Kier alpha value is -3.92. The summed E-state index contributed by atoms with van der Waals surface area (Å²) in [5.41, 5.74) is 1.08. The molecule has 2 amide bonds. The third-order valence-electron chi connectivity index (χ3n) is 4.34. The second-order valence-electron chi connectivity index (χ2n) is 6.72. The molecule has 1 atom stereocenters. The number of ether oxygens (including phenoxy) is 2. The van der Waals surface area contributed by atoms with Crippen molar-refractivity contribution in [2.45, 2.75) is 20.0 Å². The number of thiophene rings is 1. The van der Waals surface area contributed by atoms with Gasteiger partial charge in [-0.15, -0.1) is 11.3 Å². The Morgan fingerprint density at radius 1 is 1.09 bits per heavy atom. The highest BCUT2D eigenvalue weighted by atomic mass is 32.1. The zero-order chi connectivity index (χ0) is 23.8. The summed E-state index contributed by atoms with van der Waals surface area (Å²) in [7, 11) is 0. The number of hydrogen-bond donors (Lipinski definition) is 2. The SMILES string of the molecule is CCOC(=O)c1cc(-c2ccccc2)sc1NC(=O)[C@@H](C)OC(=O)CNC(=O)c1ccco1. The standard InChI is InChI=1S/C23H22N2O7S/c1-3-30-23(29)16-12-18(15-8-5-4-6-9-15)33-22(16)25-20(27)14(2)32-19(26)13-24-21(28)17-10-7-11-31-17/h4-12,14H,3,13H2,1-2H3,(H,24,28)(H,25,27)/t14-/m1/s1. The minimum absolute atomic E-state index is 0.0481. The highest BCUT2D eigenvalue weighted by Crippen LogP contribution is 2.36. The Bertz CT molecular complexity index is 1120. The fraction of sp³-hybridized carbons (Fsp3) is 0.217. The van der Waals surface area contributed by atoms with Crippen molar-refractivity contribution in [1.29, 1.82) is 0 Å². The Labute approximate surface area is 193 Å². The summed E-state index contributed by atoms with van der Waals surface area (Å²) < 4.78 is 15.1. The first-order chi connectivity index (χ1) is 15.9. The van der Waals surface area contributed by atoms with Crippen LogP contribution in [0.3, 0.4) is 0 Å². The van der Waals surface area contributed by atoms with Crippen molar-refractivity contribution >= 4 is 40.1 Å². The molecule has 0 saturated heterocycles. The maximum atomic E-state index is 12.6. The van der Waals surface area contributed by atoms with Gasteiger partial charge < -0.3 is 24.5 Å². The summed E-state index contributed by atoms with van der Waals surface area (Å²) >= 11 is 1.20. The van der Waals surface area contributed by atoms with Gasteiger partial charge in [0.2, 0.25) is 0 Å². The molecule has 2 aromatic heterocycles. The smallest absolute Gasteiger partial charge is 0.341 e. The molecule has 33 heavy (non-hydrogen) atoms. The lowest BCUT2D eigenvalue weighted by atomic mass is 10.1. The van der Waals surface area contributed by atoms with Gasteiger partial charge in [0, 0.05) is 4.88 Å². The zero-order valence-electron chi connectivity index (χ0n) is 18.0. The second kappa shape index (κ2) is 11.1. The molecule has 2 heterocycles. The summed E-state index contributed by atoms with van der Waals surface area (Å²) in [5, 5.41) is 5.26. The van der Waals surface area contributed by atoms with E-state index in [1.165, 1.54) is 36.7 Å². The monoisotopic (exact) mass is 470 g/mol. The van der Waals surface area contributed by atoms with E-state index in [2.05, 4.69) is 10.6 Å². The normalized spacial score (nSPS) is 11.3. The minimum atomic E-state index is -1.17. The predicted octanol–water partition coefficient (Wildman–Crippen LogP) is 3.49. The number of anilines is 1. The molecule has 0 spiro atoms. The number of nitrogens with one attached hydrogen (secondary N) is 2. The van der Waals surface area contributed by atoms with Crippen molar-refractivity contribution < 1.29 is 33.1 Å². The van der Waals surface area contributed by atoms with Crippen LogP contribution in [0.25, 0.3) is 10.4 Å². The van der Waals surface area contributed by atoms with Gasteiger partial charge in [0.1, 0.15) is 11.5 Å². The van der Waals surface area contributed by atoms with Gasteiger partial charge in [-0.2, -0.15) is 0 Å². The number of rotatable bonds is 9. The van der Waals surface area contributed by atoms with E-state index >= 15 is 0 Å². The Morgan fingerprint density at radius 2 is 1.85 bits per heavy atom. The molecule has 3 rings (SSSR count). The van der Waals surface area contributed by atoms with E-state index in [1.807, 2.05) is 30.3 Å². The van der Waals surface area contributed by atoms with Crippen molar-refractivity contribution in [1.82, 2.24) is 5.32 Å². The van der Waals surface area contributed by atoms with Crippen molar-refractivity contribution in [3.8, 4) is 10.4 Å². The summed E-state index contributed by atoms with van der Waals surface area (Å²) in [6.45, 7) is 2.81. The second-order valence-corrected chi connectivity index (χ2v) is 7.77. The maximum absolute atomic E-state index is 12.6. The van der Waals surface area contributed by atoms with E-state index in [0.29, 0.717) is 0 Å². The largest absolute Gasteiger partial charge is 0.462 e. The van der Waals surface area contributed by atoms with Crippen molar-refractivity contribution in [2.75, 3.05) is 18.5 Å². The fourth-order valence-electron chi connectivity index (χ4n) is 2.74. The first kappa shape index (κ1) is 23.7. The third-order valence-corrected chi connectivity index (χ3v) is 5.44. The zero-order valence-corrected chi connectivity index (χ0v) is 18.8. The predicted molar refractivity (Wildman–Crippen MR) is 121 cm³/mol. The van der Waals surface area contributed by atoms with Gasteiger partial charge in [0.15, 0.2) is 11.9 Å². The van der Waals surface area contributed by atoms with E-state index in [-0.39, 0.29) is 22.9 Å². The molecule has 0 bridgehead atoms. The molecular weight excluding hydrogens is 448 g/mol. The van der Waals surface area contributed by atoms with E-state index in [0.717, 1.165) is 10.4 Å². The molecule has 1 aromatic carbocycles. The molecule has 0 fully saturated rings. The molecule has 0 aliphatic rings. The van der Waals surface area contributed by atoms with Crippen LogP contribution in [-0.4, -0.2) is 43.0 Å². The minimum Gasteiger partial charge on any atom is -0.462 e. The van der Waals surface area contributed by atoms with Gasteiger partial charge in [-0.3, -0.25) is 14.4 Å². The van der Waals surface area contributed by atoms with Crippen molar-refractivity contribution in [3.05, 3.63) is 66.1 Å². The van der Waals surface area contributed by atoms with Crippen LogP contribution in [0, 0.1) is 0 Å². The average molecular weight is 471 g/mol. The molecule has 0 saturated carbocycles. The van der Waals surface area contributed by atoms with E-state index in [4.69, 9.17) is 13.9 Å². The van der Waals surface area contributed by atoms with E-state index in [1.54, 1.807) is 13.0 Å². The van der Waals surface area contributed by atoms with Crippen LogP contribution in [0.15, 0.2) is 59.2 Å². The quantitative estimate of drug-likeness (QED) is 0.459. The summed E-state index contributed by atoms with van der Waals surface area (Å²) in [6, 6.07) is 14.0. The summed E-state index contributed by atoms with van der Waals surface area (Å²) in [6.07, 6.45) is 0.160. The highest BCUT2D eigenvalue weighted by Gasteiger charge is 2.24. The van der Waals surface area contributed by atoms with Crippen LogP contribution in [0.1, 0.15) is 34.8 Å². The maximum Gasteiger partial charge on any atom is 0.341 e. The van der Waals surface area contributed by atoms with Gasteiger partial charge in [-0.05, 0) is 37.6 Å². The molecule has 0 radical (unpaired) electrons. The van der Waals surface area contributed by atoms with Crippen LogP contribution in [-0.2, 0) is 19.1 Å². The van der Waals surface area contributed by atoms with Crippen LogP contribution in [0.4, 0.5) is 5.00 Å².